The Hall–Kier alpha value is -2.36. The molecule has 0 bridgehead atoms. The molecule has 2 aromatic carbocycles. The third-order valence-corrected chi connectivity index (χ3v) is 3.10. The molecule has 0 spiro atoms. The number of carbonyl (C=O) groups is 2. The van der Waals surface area contributed by atoms with Crippen LogP contribution in [-0.4, -0.2) is 36.9 Å². The minimum Gasteiger partial charge on any atom is -0.355 e. The average Bonchev–Trinajstić information content (AvgIpc) is 2.46. The number of benzene rings is 2. The lowest BCUT2D eigenvalue weighted by Gasteiger charge is -2.16. The second-order valence-electron chi connectivity index (χ2n) is 4.68. The summed E-state index contributed by atoms with van der Waals surface area (Å²) in [7, 11) is 1.63. The van der Waals surface area contributed by atoms with Gasteiger partial charge < -0.3 is 10.2 Å². The Morgan fingerprint density at radius 3 is 2.50 bits per heavy atom. The van der Waals surface area contributed by atoms with E-state index in [1.165, 1.54) is 4.90 Å². The maximum Gasteiger partial charge on any atom is 0.254 e. The summed E-state index contributed by atoms with van der Waals surface area (Å²) in [5.74, 6) is -0.300. The first kappa shape index (κ1) is 14.1. The molecule has 0 aliphatic rings. The number of likely N-dealkylation sites (N-methyl/N-ethyl adjacent to an activating group) is 2. The molecule has 2 rings (SSSR count). The van der Waals surface area contributed by atoms with E-state index in [9.17, 15) is 9.59 Å². The summed E-state index contributed by atoms with van der Waals surface area (Å²) in [4.78, 5) is 25.2. The van der Waals surface area contributed by atoms with Gasteiger partial charge in [-0.05, 0) is 29.8 Å². The van der Waals surface area contributed by atoms with Gasteiger partial charge in [0.1, 0.15) is 0 Å². The van der Waals surface area contributed by atoms with Crippen LogP contribution in [0.2, 0.25) is 0 Å². The number of hydrogen-bond donors (Lipinski definition) is 1. The highest BCUT2D eigenvalue weighted by Gasteiger charge is 2.14. The summed E-state index contributed by atoms with van der Waals surface area (Å²) < 4.78 is 0. The lowest BCUT2D eigenvalue weighted by Crippen LogP contribution is -2.38. The second kappa shape index (κ2) is 6.19. The SMILES string of the molecule is CCNC(=O)CN(C)C(=O)c1ccc2ccccc2c1. The number of fused-ring (bicyclic) bond motifs is 1. The number of hydrogen-bond acceptors (Lipinski definition) is 2. The lowest BCUT2D eigenvalue weighted by molar-refractivity contribution is -0.121. The molecule has 0 heterocycles. The van der Waals surface area contributed by atoms with Crippen molar-refractivity contribution >= 4 is 22.6 Å². The van der Waals surface area contributed by atoms with Gasteiger partial charge in [-0.25, -0.2) is 0 Å². The molecule has 4 heteroatoms. The molecule has 20 heavy (non-hydrogen) atoms. The van der Waals surface area contributed by atoms with Crippen LogP contribution in [0.4, 0.5) is 0 Å². The van der Waals surface area contributed by atoms with Crippen molar-refractivity contribution in [1.29, 1.82) is 0 Å². The Labute approximate surface area is 118 Å². The molecule has 0 fully saturated rings. The first-order valence-corrected chi connectivity index (χ1v) is 6.62. The van der Waals surface area contributed by atoms with Crippen LogP contribution in [0.15, 0.2) is 42.5 Å². The number of nitrogens with zero attached hydrogens (tertiary/aromatic N) is 1. The zero-order valence-corrected chi connectivity index (χ0v) is 11.7. The summed E-state index contributed by atoms with van der Waals surface area (Å²) in [6.07, 6.45) is 0. The maximum atomic E-state index is 12.3. The van der Waals surface area contributed by atoms with E-state index < -0.39 is 0 Å². The van der Waals surface area contributed by atoms with Gasteiger partial charge in [-0.15, -0.1) is 0 Å². The molecule has 0 radical (unpaired) electrons. The Bertz CT molecular complexity index is 637. The third-order valence-electron chi connectivity index (χ3n) is 3.10. The monoisotopic (exact) mass is 270 g/mol. The van der Waals surface area contributed by atoms with E-state index in [-0.39, 0.29) is 18.4 Å². The van der Waals surface area contributed by atoms with E-state index in [1.54, 1.807) is 13.1 Å². The van der Waals surface area contributed by atoms with Crippen LogP contribution in [0, 0.1) is 0 Å². The van der Waals surface area contributed by atoms with E-state index in [0.717, 1.165) is 10.8 Å². The van der Waals surface area contributed by atoms with E-state index in [2.05, 4.69) is 5.32 Å². The fraction of sp³-hybridized carbons (Fsp3) is 0.250. The van der Waals surface area contributed by atoms with Crippen molar-refractivity contribution in [3.8, 4) is 0 Å². The van der Waals surface area contributed by atoms with Gasteiger partial charge in [-0.2, -0.15) is 0 Å². The predicted octanol–water partition coefficient (Wildman–Crippen LogP) is 2.05. The molecular formula is C16H18N2O2. The molecule has 0 saturated carbocycles. The van der Waals surface area contributed by atoms with Gasteiger partial charge >= 0.3 is 0 Å². The Morgan fingerprint density at radius 1 is 1.10 bits per heavy atom. The topological polar surface area (TPSA) is 49.4 Å². The van der Waals surface area contributed by atoms with Crippen molar-refractivity contribution in [2.45, 2.75) is 6.92 Å². The first-order chi connectivity index (χ1) is 9.61. The predicted molar refractivity (Wildman–Crippen MR) is 79.6 cm³/mol. The largest absolute Gasteiger partial charge is 0.355 e. The van der Waals surface area contributed by atoms with E-state index in [0.29, 0.717) is 12.1 Å². The molecule has 0 aliphatic carbocycles. The number of rotatable bonds is 4. The molecule has 0 unspecified atom stereocenters. The van der Waals surface area contributed by atoms with Crippen molar-refractivity contribution in [1.82, 2.24) is 10.2 Å². The average molecular weight is 270 g/mol. The smallest absolute Gasteiger partial charge is 0.254 e. The van der Waals surface area contributed by atoms with E-state index in [1.807, 2.05) is 43.3 Å². The first-order valence-electron chi connectivity index (χ1n) is 6.62. The van der Waals surface area contributed by atoms with Gasteiger partial charge in [0.25, 0.3) is 5.91 Å². The van der Waals surface area contributed by atoms with Gasteiger partial charge in [-0.1, -0.05) is 30.3 Å². The zero-order valence-electron chi connectivity index (χ0n) is 11.7. The standard InChI is InChI=1S/C16H18N2O2/c1-3-17-15(19)11-18(2)16(20)14-9-8-12-6-4-5-7-13(12)10-14/h4-10H,3,11H2,1-2H3,(H,17,19). The third kappa shape index (κ3) is 3.15. The van der Waals surface area contributed by atoms with Gasteiger partial charge in [-0.3, -0.25) is 9.59 Å². The Kier molecular flexibility index (Phi) is 4.35. The minimum atomic E-state index is -0.151. The summed E-state index contributed by atoms with van der Waals surface area (Å²) in [6, 6.07) is 13.4. The van der Waals surface area contributed by atoms with Crippen LogP contribution in [-0.2, 0) is 4.79 Å². The van der Waals surface area contributed by atoms with Crippen LogP contribution in [0.3, 0.4) is 0 Å². The van der Waals surface area contributed by atoms with Gasteiger partial charge in [0.05, 0.1) is 6.54 Å². The highest BCUT2D eigenvalue weighted by Crippen LogP contribution is 2.16. The summed E-state index contributed by atoms with van der Waals surface area (Å²) in [6.45, 7) is 2.49. The Balaban J connectivity index is 2.16. The van der Waals surface area contributed by atoms with Crippen LogP contribution in [0.25, 0.3) is 10.8 Å². The normalized spacial score (nSPS) is 10.3. The van der Waals surface area contributed by atoms with Crippen molar-refractivity contribution in [2.75, 3.05) is 20.1 Å². The number of amides is 2. The van der Waals surface area contributed by atoms with Crippen LogP contribution in [0.5, 0.6) is 0 Å². The van der Waals surface area contributed by atoms with Gasteiger partial charge in [0.15, 0.2) is 0 Å². The highest BCUT2D eigenvalue weighted by atomic mass is 16.2. The zero-order chi connectivity index (χ0) is 14.5. The Morgan fingerprint density at radius 2 is 1.80 bits per heavy atom. The lowest BCUT2D eigenvalue weighted by atomic mass is 10.1. The molecular weight excluding hydrogens is 252 g/mol. The molecule has 0 atom stereocenters. The van der Waals surface area contributed by atoms with E-state index >= 15 is 0 Å². The quantitative estimate of drug-likeness (QED) is 0.924. The maximum absolute atomic E-state index is 12.3. The van der Waals surface area contributed by atoms with Crippen LogP contribution >= 0.6 is 0 Å². The highest BCUT2D eigenvalue weighted by molar-refractivity contribution is 5.99. The molecule has 104 valence electrons. The molecule has 4 nitrogen and oxygen atoms in total. The van der Waals surface area contributed by atoms with Gasteiger partial charge in [0.2, 0.25) is 5.91 Å². The summed E-state index contributed by atoms with van der Waals surface area (Å²) in [5, 5.41) is 4.79. The molecule has 0 aromatic heterocycles. The second-order valence-corrected chi connectivity index (χ2v) is 4.68. The minimum absolute atomic E-state index is 0.0689. The van der Waals surface area contributed by atoms with Gasteiger partial charge in [0, 0.05) is 19.2 Å². The summed E-state index contributed by atoms with van der Waals surface area (Å²) in [5.41, 5.74) is 0.593. The fourth-order valence-electron chi connectivity index (χ4n) is 2.08. The summed E-state index contributed by atoms with van der Waals surface area (Å²) >= 11 is 0. The molecule has 0 aliphatic heterocycles. The number of nitrogens with one attached hydrogen (secondary N) is 1. The van der Waals surface area contributed by atoms with Crippen molar-refractivity contribution < 1.29 is 9.59 Å². The number of carbonyl (C=O) groups excluding carboxylic acids is 2. The van der Waals surface area contributed by atoms with Crippen molar-refractivity contribution in [3.05, 3.63) is 48.0 Å². The molecule has 1 N–H and O–H groups in total. The van der Waals surface area contributed by atoms with Crippen LogP contribution in [0.1, 0.15) is 17.3 Å². The van der Waals surface area contributed by atoms with Crippen LogP contribution < -0.4 is 5.32 Å². The molecule has 2 amide bonds. The molecule has 0 saturated heterocycles. The van der Waals surface area contributed by atoms with Crippen molar-refractivity contribution in [2.24, 2.45) is 0 Å². The van der Waals surface area contributed by atoms with Crippen molar-refractivity contribution in [3.63, 3.8) is 0 Å². The van der Waals surface area contributed by atoms with E-state index in [4.69, 9.17) is 0 Å². The fourth-order valence-corrected chi connectivity index (χ4v) is 2.08. The molecule has 2 aromatic rings.